The quantitative estimate of drug-likeness (QED) is 0.484. The average Bonchev–Trinajstić information content (AvgIpc) is 2.56. The maximum absolute atomic E-state index is 9.61. The van der Waals surface area contributed by atoms with E-state index in [0.717, 1.165) is 19.3 Å². The van der Waals surface area contributed by atoms with Crippen molar-refractivity contribution in [1.82, 2.24) is 0 Å². The van der Waals surface area contributed by atoms with E-state index in [0.29, 0.717) is 5.92 Å². The molecule has 2 heteroatoms. The summed E-state index contributed by atoms with van der Waals surface area (Å²) in [4.78, 5) is 0. The summed E-state index contributed by atoms with van der Waals surface area (Å²) < 4.78 is 0. The number of hydrogen-bond acceptors (Lipinski definition) is 2. The Kier molecular flexibility index (Phi) is 10.3. The molecule has 0 aromatic heterocycles. The molecule has 0 saturated carbocycles. The topological polar surface area (TPSA) is 46.2 Å². The van der Waals surface area contributed by atoms with Gasteiger partial charge in [0, 0.05) is 5.54 Å². The SMILES string of the molecule is CCCCCCCCc1ccc(CCC(N)(CO)CC(C)C)cc1. The average molecular weight is 334 g/mol. The first kappa shape index (κ1) is 21.2. The maximum Gasteiger partial charge on any atom is 0.0611 e. The van der Waals surface area contributed by atoms with Crippen LogP contribution < -0.4 is 5.73 Å². The predicted octanol–water partition coefficient (Wildman–Crippen LogP) is 5.26. The lowest BCUT2D eigenvalue weighted by atomic mass is 9.85. The molecule has 0 aliphatic heterocycles. The summed E-state index contributed by atoms with van der Waals surface area (Å²) >= 11 is 0. The van der Waals surface area contributed by atoms with Gasteiger partial charge in [0.2, 0.25) is 0 Å². The number of benzene rings is 1. The van der Waals surface area contributed by atoms with Crippen molar-refractivity contribution in [3.63, 3.8) is 0 Å². The summed E-state index contributed by atoms with van der Waals surface area (Å²) in [6.07, 6.45) is 12.0. The van der Waals surface area contributed by atoms with Crippen LogP contribution in [-0.2, 0) is 12.8 Å². The molecule has 1 rings (SSSR count). The lowest BCUT2D eigenvalue weighted by Crippen LogP contribution is -2.45. The molecule has 0 bridgehead atoms. The van der Waals surface area contributed by atoms with Crippen molar-refractivity contribution in [2.45, 2.75) is 90.5 Å². The highest BCUT2D eigenvalue weighted by Gasteiger charge is 2.24. The van der Waals surface area contributed by atoms with Crippen molar-refractivity contribution < 1.29 is 5.11 Å². The van der Waals surface area contributed by atoms with E-state index in [1.165, 1.54) is 56.1 Å². The van der Waals surface area contributed by atoms with E-state index in [1.54, 1.807) is 0 Å². The Morgan fingerprint density at radius 1 is 0.917 bits per heavy atom. The van der Waals surface area contributed by atoms with Crippen LogP contribution in [0.4, 0.5) is 0 Å². The number of aryl methyl sites for hydroxylation is 2. The molecular formula is C22H39NO. The normalized spacial score (nSPS) is 14.1. The monoisotopic (exact) mass is 333 g/mol. The molecule has 0 radical (unpaired) electrons. The Hall–Kier alpha value is -0.860. The first-order valence-corrected chi connectivity index (χ1v) is 9.96. The molecule has 0 spiro atoms. The van der Waals surface area contributed by atoms with E-state index in [9.17, 15) is 5.11 Å². The Balaban J connectivity index is 2.33. The van der Waals surface area contributed by atoms with Crippen molar-refractivity contribution in [1.29, 1.82) is 0 Å². The van der Waals surface area contributed by atoms with Gasteiger partial charge in [-0.3, -0.25) is 0 Å². The molecule has 0 aliphatic rings. The van der Waals surface area contributed by atoms with E-state index in [-0.39, 0.29) is 6.61 Å². The van der Waals surface area contributed by atoms with Crippen LogP contribution in [0.5, 0.6) is 0 Å². The maximum atomic E-state index is 9.61. The first-order valence-electron chi connectivity index (χ1n) is 9.96. The minimum atomic E-state index is -0.439. The van der Waals surface area contributed by atoms with Gasteiger partial charge in [-0.15, -0.1) is 0 Å². The molecule has 0 fully saturated rings. The van der Waals surface area contributed by atoms with Crippen LogP contribution >= 0.6 is 0 Å². The highest BCUT2D eigenvalue weighted by Crippen LogP contribution is 2.20. The molecular weight excluding hydrogens is 294 g/mol. The van der Waals surface area contributed by atoms with Gasteiger partial charge in [-0.1, -0.05) is 77.1 Å². The molecule has 0 saturated heterocycles. The van der Waals surface area contributed by atoms with Gasteiger partial charge in [0.15, 0.2) is 0 Å². The van der Waals surface area contributed by atoms with E-state index >= 15 is 0 Å². The van der Waals surface area contributed by atoms with E-state index in [4.69, 9.17) is 5.73 Å². The zero-order valence-corrected chi connectivity index (χ0v) is 16.2. The van der Waals surface area contributed by atoms with Gasteiger partial charge in [-0.25, -0.2) is 0 Å². The van der Waals surface area contributed by atoms with Gasteiger partial charge >= 0.3 is 0 Å². The fourth-order valence-electron chi connectivity index (χ4n) is 3.43. The molecule has 24 heavy (non-hydrogen) atoms. The summed E-state index contributed by atoms with van der Waals surface area (Å²) in [6.45, 7) is 6.66. The fourth-order valence-corrected chi connectivity index (χ4v) is 3.43. The molecule has 3 N–H and O–H groups in total. The van der Waals surface area contributed by atoms with Gasteiger partial charge in [-0.05, 0) is 49.1 Å². The number of hydrogen-bond donors (Lipinski definition) is 2. The minimum absolute atomic E-state index is 0.0707. The molecule has 0 aliphatic carbocycles. The van der Waals surface area contributed by atoms with Gasteiger partial charge in [0.05, 0.1) is 6.61 Å². The molecule has 1 aromatic carbocycles. The first-order chi connectivity index (χ1) is 11.5. The third-order valence-electron chi connectivity index (χ3n) is 4.88. The van der Waals surface area contributed by atoms with Crippen LogP contribution in [0.3, 0.4) is 0 Å². The summed E-state index contributed by atoms with van der Waals surface area (Å²) in [5.41, 5.74) is 8.67. The molecule has 138 valence electrons. The van der Waals surface area contributed by atoms with Gasteiger partial charge in [0.25, 0.3) is 0 Å². The fraction of sp³-hybridized carbons (Fsp3) is 0.727. The van der Waals surface area contributed by atoms with Crippen LogP contribution in [0.1, 0.15) is 83.3 Å². The summed E-state index contributed by atoms with van der Waals surface area (Å²) in [6, 6.07) is 9.00. The molecule has 1 atom stereocenters. The number of rotatable bonds is 13. The Labute approximate surface area is 149 Å². The van der Waals surface area contributed by atoms with Crippen LogP contribution in [-0.4, -0.2) is 17.3 Å². The Morgan fingerprint density at radius 2 is 1.46 bits per heavy atom. The summed E-state index contributed by atoms with van der Waals surface area (Å²) in [5, 5.41) is 9.61. The van der Waals surface area contributed by atoms with Crippen LogP contribution in [0.25, 0.3) is 0 Å². The smallest absolute Gasteiger partial charge is 0.0611 e. The zero-order valence-electron chi connectivity index (χ0n) is 16.2. The summed E-state index contributed by atoms with van der Waals surface area (Å²) in [7, 11) is 0. The van der Waals surface area contributed by atoms with Crippen molar-refractivity contribution >= 4 is 0 Å². The molecule has 0 heterocycles. The third kappa shape index (κ3) is 8.84. The lowest BCUT2D eigenvalue weighted by Gasteiger charge is -2.29. The van der Waals surface area contributed by atoms with Crippen LogP contribution in [0.2, 0.25) is 0 Å². The third-order valence-corrected chi connectivity index (χ3v) is 4.88. The van der Waals surface area contributed by atoms with Crippen LogP contribution in [0.15, 0.2) is 24.3 Å². The second-order valence-electron chi connectivity index (χ2n) is 7.95. The van der Waals surface area contributed by atoms with Crippen molar-refractivity contribution in [3.05, 3.63) is 35.4 Å². The van der Waals surface area contributed by atoms with Crippen molar-refractivity contribution in [2.24, 2.45) is 11.7 Å². The molecule has 1 aromatic rings. The Bertz CT molecular complexity index is 426. The van der Waals surface area contributed by atoms with E-state index in [2.05, 4.69) is 45.0 Å². The number of aliphatic hydroxyl groups excluding tert-OH is 1. The second-order valence-corrected chi connectivity index (χ2v) is 7.95. The zero-order chi connectivity index (χ0) is 17.8. The van der Waals surface area contributed by atoms with Gasteiger partial charge < -0.3 is 10.8 Å². The highest BCUT2D eigenvalue weighted by atomic mass is 16.3. The van der Waals surface area contributed by atoms with Gasteiger partial charge in [0.1, 0.15) is 0 Å². The number of aliphatic hydroxyl groups is 1. The summed E-state index contributed by atoms with van der Waals surface area (Å²) in [5.74, 6) is 0.516. The van der Waals surface area contributed by atoms with Crippen molar-refractivity contribution in [3.8, 4) is 0 Å². The van der Waals surface area contributed by atoms with Crippen LogP contribution in [0, 0.1) is 5.92 Å². The Morgan fingerprint density at radius 3 is 2.00 bits per heavy atom. The predicted molar refractivity (Wildman–Crippen MR) is 105 cm³/mol. The largest absolute Gasteiger partial charge is 0.394 e. The number of nitrogens with two attached hydrogens (primary N) is 1. The molecule has 0 amide bonds. The van der Waals surface area contributed by atoms with Crippen molar-refractivity contribution in [2.75, 3.05) is 6.61 Å². The standard InChI is InChI=1S/C22H39NO/c1-4-5-6-7-8-9-10-20-11-13-21(14-12-20)15-16-22(23,18-24)17-19(2)3/h11-14,19,24H,4-10,15-18,23H2,1-3H3. The van der Waals surface area contributed by atoms with E-state index < -0.39 is 5.54 Å². The molecule has 2 nitrogen and oxygen atoms in total. The highest BCUT2D eigenvalue weighted by molar-refractivity contribution is 5.23. The number of unbranched alkanes of at least 4 members (excludes halogenated alkanes) is 5. The lowest BCUT2D eigenvalue weighted by molar-refractivity contribution is 0.165. The van der Waals surface area contributed by atoms with Gasteiger partial charge in [-0.2, -0.15) is 0 Å². The minimum Gasteiger partial charge on any atom is -0.394 e. The molecule has 1 unspecified atom stereocenters. The second kappa shape index (κ2) is 11.7. The van der Waals surface area contributed by atoms with E-state index in [1.807, 2.05) is 0 Å².